The Morgan fingerprint density at radius 3 is 2.78 bits per heavy atom. The van der Waals surface area contributed by atoms with Crippen LogP contribution in [0.3, 0.4) is 0 Å². The first-order valence-electron chi connectivity index (χ1n) is 7.80. The number of likely N-dealkylation sites (tertiary alicyclic amines) is 1. The minimum absolute atomic E-state index is 0.0595. The zero-order valence-electron chi connectivity index (χ0n) is 13.3. The molecule has 3 rings (SSSR count). The Kier molecular flexibility index (Phi) is 4.32. The third-order valence-electron chi connectivity index (χ3n) is 4.23. The summed E-state index contributed by atoms with van der Waals surface area (Å²) in [6.07, 6.45) is 2.04. The molecule has 1 fully saturated rings. The fourth-order valence-corrected chi connectivity index (χ4v) is 2.99. The molecule has 2 aromatic rings. The minimum atomic E-state index is -0.347. The van der Waals surface area contributed by atoms with E-state index >= 15 is 0 Å². The second-order valence-electron chi connectivity index (χ2n) is 6.01. The molecule has 0 unspecified atom stereocenters. The summed E-state index contributed by atoms with van der Waals surface area (Å²) in [5.74, 6) is 0.0324. The quantitative estimate of drug-likeness (QED) is 0.942. The number of carbonyl (C=O) groups is 1. The number of aromatic nitrogens is 2. The maximum Gasteiger partial charge on any atom is 0.274 e. The van der Waals surface area contributed by atoms with E-state index in [1.807, 2.05) is 4.90 Å². The van der Waals surface area contributed by atoms with Crippen molar-refractivity contribution in [1.29, 1.82) is 0 Å². The number of ether oxygens (including phenoxy) is 1. The van der Waals surface area contributed by atoms with Crippen LogP contribution in [0, 0.1) is 5.82 Å². The van der Waals surface area contributed by atoms with Crippen molar-refractivity contribution in [3.05, 3.63) is 47.5 Å². The molecule has 6 heteroatoms. The molecule has 1 amide bonds. The van der Waals surface area contributed by atoms with Gasteiger partial charge >= 0.3 is 0 Å². The van der Waals surface area contributed by atoms with Crippen LogP contribution in [0.15, 0.2) is 30.3 Å². The molecule has 0 spiro atoms. The van der Waals surface area contributed by atoms with Crippen LogP contribution in [-0.4, -0.2) is 33.1 Å². The summed E-state index contributed by atoms with van der Waals surface area (Å²) in [6, 6.07) is 8.11. The standard InChI is InChI=1S/C17H20FN3O2/c1-11-6-7-12(2)21(11)17(22)16-9-14(19-20-16)10-23-15-5-3-4-13(18)8-15/h3-5,8-9,11-12H,6-7,10H2,1-2H3,(H,19,20)/t11-,12-/m1/s1. The molecule has 1 aliphatic rings. The molecule has 2 heterocycles. The SMILES string of the molecule is C[C@@H]1CC[C@@H](C)N1C(=O)c1cc(COc2cccc(F)c2)[nH]n1. The molecule has 1 N–H and O–H groups in total. The van der Waals surface area contributed by atoms with Crippen LogP contribution in [0.2, 0.25) is 0 Å². The first kappa shape index (κ1) is 15.5. The van der Waals surface area contributed by atoms with Gasteiger partial charge in [0, 0.05) is 18.2 Å². The fraction of sp³-hybridized carbons (Fsp3) is 0.412. The van der Waals surface area contributed by atoms with Gasteiger partial charge in [0.05, 0.1) is 5.69 Å². The highest BCUT2D eigenvalue weighted by atomic mass is 19.1. The van der Waals surface area contributed by atoms with E-state index in [9.17, 15) is 9.18 Å². The largest absolute Gasteiger partial charge is 0.487 e. The van der Waals surface area contributed by atoms with Crippen molar-refractivity contribution >= 4 is 5.91 Å². The predicted molar refractivity (Wildman–Crippen MR) is 83.6 cm³/mol. The number of hydrogen-bond acceptors (Lipinski definition) is 3. The number of rotatable bonds is 4. The molecule has 5 nitrogen and oxygen atoms in total. The summed E-state index contributed by atoms with van der Waals surface area (Å²) in [5.41, 5.74) is 1.07. The lowest BCUT2D eigenvalue weighted by atomic mass is 10.2. The molecule has 2 atom stereocenters. The number of benzene rings is 1. The summed E-state index contributed by atoms with van der Waals surface area (Å²) in [6.45, 7) is 4.32. The predicted octanol–water partition coefficient (Wildman–Crippen LogP) is 3.14. The second kappa shape index (κ2) is 6.40. The fourth-order valence-electron chi connectivity index (χ4n) is 2.99. The van der Waals surface area contributed by atoms with E-state index in [0.29, 0.717) is 17.1 Å². The van der Waals surface area contributed by atoms with Crippen LogP contribution < -0.4 is 4.74 Å². The maximum atomic E-state index is 13.1. The van der Waals surface area contributed by atoms with Crippen molar-refractivity contribution in [3.63, 3.8) is 0 Å². The number of amides is 1. The van der Waals surface area contributed by atoms with Gasteiger partial charge in [-0.2, -0.15) is 5.10 Å². The molecule has 1 aromatic heterocycles. The van der Waals surface area contributed by atoms with Crippen LogP contribution >= 0.6 is 0 Å². The number of H-pyrrole nitrogens is 1. The van der Waals surface area contributed by atoms with Crippen molar-refractivity contribution in [2.75, 3.05) is 0 Å². The molecule has 1 aromatic carbocycles. The lowest BCUT2D eigenvalue weighted by molar-refractivity contribution is 0.0686. The molecule has 122 valence electrons. The Morgan fingerprint density at radius 2 is 2.09 bits per heavy atom. The third-order valence-corrected chi connectivity index (χ3v) is 4.23. The molecular formula is C17H20FN3O2. The van der Waals surface area contributed by atoms with Crippen LogP contribution in [0.4, 0.5) is 4.39 Å². The van der Waals surface area contributed by atoms with Crippen molar-refractivity contribution in [1.82, 2.24) is 15.1 Å². The number of nitrogens with one attached hydrogen (secondary N) is 1. The lowest BCUT2D eigenvalue weighted by Crippen LogP contribution is -2.38. The highest BCUT2D eigenvalue weighted by molar-refractivity contribution is 5.93. The first-order valence-corrected chi connectivity index (χ1v) is 7.80. The van der Waals surface area contributed by atoms with E-state index in [1.165, 1.54) is 12.1 Å². The minimum Gasteiger partial charge on any atom is -0.487 e. The molecule has 23 heavy (non-hydrogen) atoms. The average Bonchev–Trinajstić information content (AvgIpc) is 3.12. The van der Waals surface area contributed by atoms with Crippen LogP contribution in [-0.2, 0) is 6.61 Å². The lowest BCUT2D eigenvalue weighted by Gasteiger charge is -2.25. The zero-order valence-corrected chi connectivity index (χ0v) is 13.3. The van der Waals surface area contributed by atoms with Crippen molar-refractivity contribution < 1.29 is 13.9 Å². The summed E-state index contributed by atoms with van der Waals surface area (Å²) >= 11 is 0. The second-order valence-corrected chi connectivity index (χ2v) is 6.01. The molecule has 1 saturated heterocycles. The van der Waals surface area contributed by atoms with Crippen LogP contribution in [0.25, 0.3) is 0 Å². The first-order chi connectivity index (χ1) is 11.0. The molecule has 0 aliphatic carbocycles. The topological polar surface area (TPSA) is 58.2 Å². The third kappa shape index (κ3) is 3.36. The van der Waals surface area contributed by atoms with Crippen molar-refractivity contribution in [2.45, 2.75) is 45.4 Å². The Bertz CT molecular complexity index is 691. The van der Waals surface area contributed by atoms with E-state index in [1.54, 1.807) is 18.2 Å². The number of carbonyl (C=O) groups excluding carboxylic acids is 1. The van der Waals surface area contributed by atoms with Gasteiger partial charge in [-0.25, -0.2) is 4.39 Å². The molecule has 0 radical (unpaired) electrons. The van der Waals surface area contributed by atoms with Gasteiger partial charge in [0.15, 0.2) is 5.69 Å². The van der Waals surface area contributed by atoms with Gasteiger partial charge in [-0.15, -0.1) is 0 Å². The van der Waals surface area contributed by atoms with E-state index in [-0.39, 0.29) is 30.4 Å². The Labute approximate surface area is 134 Å². The molecule has 0 bridgehead atoms. The van der Waals surface area contributed by atoms with Gasteiger partial charge in [-0.05, 0) is 44.9 Å². The number of hydrogen-bond donors (Lipinski definition) is 1. The van der Waals surface area contributed by atoms with E-state index in [4.69, 9.17) is 4.74 Å². The smallest absolute Gasteiger partial charge is 0.274 e. The molecule has 1 aliphatic heterocycles. The summed E-state index contributed by atoms with van der Waals surface area (Å²) in [7, 11) is 0. The van der Waals surface area contributed by atoms with E-state index < -0.39 is 0 Å². The van der Waals surface area contributed by atoms with Gasteiger partial charge in [0.25, 0.3) is 5.91 Å². The number of nitrogens with zero attached hydrogens (tertiary/aromatic N) is 2. The van der Waals surface area contributed by atoms with Gasteiger partial charge in [-0.1, -0.05) is 6.07 Å². The summed E-state index contributed by atoms with van der Waals surface area (Å²) in [4.78, 5) is 14.4. The van der Waals surface area contributed by atoms with Crippen molar-refractivity contribution in [3.8, 4) is 5.75 Å². The Balaban J connectivity index is 1.65. The zero-order chi connectivity index (χ0) is 16.4. The monoisotopic (exact) mass is 317 g/mol. The van der Waals surface area contributed by atoms with Crippen LogP contribution in [0.1, 0.15) is 42.9 Å². The van der Waals surface area contributed by atoms with Gasteiger partial charge < -0.3 is 9.64 Å². The van der Waals surface area contributed by atoms with Crippen molar-refractivity contribution in [2.24, 2.45) is 0 Å². The number of aromatic amines is 1. The Hall–Kier alpha value is -2.37. The Morgan fingerprint density at radius 1 is 1.35 bits per heavy atom. The normalized spacial score (nSPS) is 20.7. The molecule has 0 saturated carbocycles. The van der Waals surface area contributed by atoms with E-state index in [0.717, 1.165) is 12.8 Å². The highest BCUT2D eigenvalue weighted by Gasteiger charge is 2.32. The van der Waals surface area contributed by atoms with Gasteiger partial charge in [0.1, 0.15) is 18.2 Å². The summed E-state index contributed by atoms with van der Waals surface area (Å²) < 4.78 is 18.6. The maximum absolute atomic E-state index is 13.1. The average molecular weight is 317 g/mol. The van der Waals surface area contributed by atoms with Gasteiger partial charge in [-0.3, -0.25) is 9.89 Å². The molecular weight excluding hydrogens is 297 g/mol. The van der Waals surface area contributed by atoms with E-state index in [2.05, 4.69) is 24.0 Å². The summed E-state index contributed by atoms with van der Waals surface area (Å²) in [5, 5.41) is 6.90. The highest BCUT2D eigenvalue weighted by Crippen LogP contribution is 2.25. The van der Waals surface area contributed by atoms with Crippen LogP contribution in [0.5, 0.6) is 5.75 Å². The number of halogens is 1. The van der Waals surface area contributed by atoms with Gasteiger partial charge in [0.2, 0.25) is 0 Å².